The molecule has 3 aliphatic heterocycles. The molecule has 0 aliphatic carbocycles. The molecule has 0 bridgehead atoms. The zero-order valence-electron chi connectivity index (χ0n) is 24.7. The summed E-state index contributed by atoms with van der Waals surface area (Å²) >= 11 is 2.36. The monoisotopic (exact) mass is 675 g/mol. The van der Waals surface area contributed by atoms with Crippen molar-refractivity contribution in [3.8, 4) is 5.75 Å². The van der Waals surface area contributed by atoms with Gasteiger partial charge in [0.1, 0.15) is 22.9 Å². The second kappa shape index (κ2) is 13.0. The van der Waals surface area contributed by atoms with E-state index in [2.05, 4.69) is 26.2 Å². The van der Waals surface area contributed by atoms with Crippen LogP contribution in [0.3, 0.4) is 0 Å². The van der Waals surface area contributed by atoms with Gasteiger partial charge in [-0.15, -0.1) is 16.9 Å². The van der Waals surface area contributed by atoms with Crippen molar-refractivity contribution in [1.82, 2.24) is 45.5 Å². The Kier molecular flexibility index (Phi) is 9.22. The number of amides is 6. The molecule has 3 atom stereocenters. The highest BCUT2D eigenvalue weighted by atomic mass is 32.2. The summed E-state index contributed by atoms with van der Waals surface area (Å²) in [5.74, 6) is -4.84. The standard InChI is InChI=1S/C26H29N9O9S2/c1-4-33-9-10-34(20(39)19(33)38)24(43)27-16(13-5-7-15(36)8-6-13)18(37)28-26(44-3)22(42)35-17(21(40)41)14(11-45-23(26)35)12-46-25-29-30-31-32(25)2/h5-8,16,23,36H,4,9-12H2,1-3H3,(H,27,43)(H,28,37)(H,40,41)/t16-,23-,26-/m0/s1. The first-order chi connectivity index (χ1) is 21.9. The van der Waals surface area contributed by atoms with Crippen LogP contribution in [0, 0.1) is 0 Å². The molecule has 2 fully saturated rings. The molecular formula is C26H29N9O9S2. The van der Waals surface area contributed by atoms with Crippen LogP contribution in [0.2, 0.25) is 0 Å². The Morgan fingerprint density at radius 1 is 1.17 bits per heavy atom. The molecule has 0 spiro atoms. The van der Waals surface area contributed by atoms with Gasteiger partial charge in [0, 0.05) is 45.3 Å². The van der Waals surface area contributed by atoms with E-state index < -0.39 is 52.8 Å². The lowest BCUT2D eigenvalue weighted by Gasteiger charge is -2.56. The topological polar surface area (TPSA) is 229 Å². The number of aromatic hydroxyl groups is 1. The number of ether oxygens (including phenoxy) is 1. The number of phenols is 1. The molecule has 1 aromatic carbocycles. The van der Waals surface area contributed by atoms with Gasteiger partial charge in [-0.1, -0.05) is 23.9 Å². The molecule has 2 aromatic rings. The van der Waals surface area contributed by atoms with Crippen molar-refractivity contribution in [3.63, 3.8) is 0 Å². The summed E-state index contributed by atoms with van der Waals surface area (Å²) in [4.78, 5) is 81.1. The van der Waals surface area contributed by atoms with Gasteiger partial charge in [-0.2, -0.15) is 0 Å². The van der Waals surface area contributed by atoms with Gasteiger partial charge in [0.25, 0.3) is 11.6 Å². The first kappa shape index (κ1) is 32.7. The van der Waals surface area contributed by atoms with Gasteiger partial charge in [-0.05, 0) is 40.6 Å². The number of nitrogens with one attached hydrogen (secondary N) is 2. The maximum atomic E-state index is 13.8. The van der Waals surface area contributed by atoms with Crippen LogP contribution in [0.1, 0.15) is 18.5 Å². The van der Waals surface area contributed by atoms with Crippen molar-refractivity contribution >= 4 is 59.2 Å². The first-order valence-electron chi connectivity index (χ1n) is 13.8. The van der Waals surface area contributed by atoms with Crippen LogP contribution in [0.5, 0.6) is 5.75 Å². The third-order valence-corrected chi connectivity index (χ3v) is 10.1. The third-order valence-electron chi connectivity index (χ3n) is 7.59. The van der Waals surface area contributed by atoms with E-state index in [0.29, 0.717) is 15.6 Å². The summed E-state index contributed by atoms with van der Waals surface area (Å²) in [7, 11) is 2.81. The number of hydrogen-bond acceptors (Lipinski definition) is 13. The lowest BCUT2D eigenvalue weighted by atomic mass is 9.97. The number of urea groups is 1. The molecule has 4 heterocycles. The number of thioether (sulfide) groups is 2. The van der Waals surface area contributed by atoms with Crippen molar-refractivity contribution in [2.24, 2.45) is 7.05 Å². The predicted molar refractivity (Wildman–Crippen MR) is 159 cm³/mol. The van der Waals surface area contributed by atoms with Crippen LogP contribution in [-0.2, 0) is 35.8 Å². The van der Waals surface area contributed by atoms with E-state index in [-0.39, 0.29) is 48.1 Å². The molecule has 4 N–H and O–H groups in total. The number of methoxy groups -OCH3 is 1. The van der Waals surface area contributed by atoms with Gasteiger partial charge in [0.05, 0.1) is 0 Å². The Bertz CT molecular complexity index is 1630. The van der Waals surface area contributed by atoms with Crippen molar-refractivity contribution < 1.29 is 43.7 Å². The molecule has 1 aromatic heterocycles. The third kappa shape index (κ3) is 5.73. The summed E-state index contributed by atoms with van der Waals surface area (Å²) in [5.41, 5.74) is -1.66. The van der Waals surface area contributed by atoms with Crippen LogP contribution in [0.15, 0.2) is 40.7 Å². The predicted octanol–water partition coefficient (Wildman–Crippen LogP) is -1.14. The molecule has 18 nitrogen and oxygen atoms in total. The molecule has 244 valence electrons. The quantitative estimate of drug-likeness (QED) is 0.101. The zero-order chi connectivity index (χ0) is 33.3. The van der Waals surface area contributed by atoms with Crippen LogP contribution in [0.4, 0.5) is 4.79 Å². The second-order valence-electron chi connectivity index (χ2n) is 10.2. The number of benzene rings is 1. The number of carbonyl (C=O) groups excluding carboxylic acids is 5. The minimum absolute atomic E-state index is 0.107. The van der Waals surface area contributed by atoms with Crippen LogP contribution < -0.4 is 10.6 Å². The number of imide groups is 1. The van der Waals surface area contributed by atoms with Crippen molar-refractivity contribution in [1.29, 1.82) is 0 Å². The summed E-state index contributed by atoms with van der Waals surface area (Å²) in [5, 5.41) is 35.5. The zero-order valence-corrected chi connectivity index (χ0v) is 26.3. The number of rotatable bonds is 10. The highest BCUT2D eigenvalue weighted by Crippen LogP contribution is 2.47. The average Bonchev–Trinajstić information content (AvgIpc) is 3.46. The number of carboxylic acid groups (broad SMARTS) is 1. The van der Waals surface area contributed by atoms with E-state index in [1.165, 1.54) is 64.5 Å². The first-order valence-corrected chi connectivity index (χ1v) is 15.8. The number of β-lactam (4-membered cyclic amide) rings is 1. The number of likely N-dealkylation sites (N-methyl/N-ethyl adjacent to an activating group) is 1. The summed E-state index contributed by atoms with van der Waals surface area (Å²) < 4.78 is 6.97. The largest absolute Gasteiger partial charge is 0.508 e. The Hall–Kier alpha value is -4.69. The SMILES string of the molecule is CCN1CCN(C(=O)N[C@H](C(=O)N[C@]2(OC)C(=O)N3C(C(=O)O)=C(CSc4nnnn4C)CS[C@H]32)c2ccc(O)cc2)C(=O)C1=O. The van der Waals surface area contributed by atoms with Crippen molar-refractivity contribution in [2.45, 2.75) is 29.2 Å². The molecule has 0 saturated carbocycles. The van der Waals surface area contributed by atoms with Gasteiger partial charge in [-0.3, -0.25) is 29.0 Å². The fraction of sp³-hybridized carbons (Fsp3) is 0.423. The number of nitrogens with zero attached hydrogens (tertiary/aromatic N) is 7. The highest BCUT2D eigenvalue weighted by Gasteiger charge is 2.67. The number of fused-ring (bicyclic) bond motifs is 1. The highest BCUT2D eigenvalue weighted by molar-refractivity contribution is 8.01. The Labute approximate surface area is 269 Å². The van der Waals surface area contributed by atoms with E-state index in [1.54, 1.807) is 14.0 Å². The fourth-order valence-electron chi connectivity index (χ4n) is 5.14. The lowest BCUT2D eigenvalue weighted by Crippen LogP contribution is -2.81. The molecule has 6 amide bonds. The Morgan fingerprint density at radius 3 is 2.50 bits per heavy atom. The number of tetrazole rings is 1. The molecule has 0 radical (unpaired) electrons. The van der Waals surface area contributed by atoms with E-state index in [0.717, 1.165) is 4.90 Å². The molecular weight excluding hydrogens is 646 g/mol. The van der Waals surface area contributed by atoms with Crippen molar-refractivity contribution in [3.05, 3.63) is 41.1 Å². The van der Waals surface area contributed by atoms with Gasteiger partial charge >= 0.3 is 23.8 Å². The van der Waals surface area contributed by atoms with Crippen molar-refractivity contribution in [2.75, 3.05) is 38.2 Å². The van der Waals surface area contributed by atoms with Gasteiger partial charge in [-0.25, -0.2) is 14.3 Å². The summed E-state index contributed by atoms with van der Waals surface area (Å²) in [6.07, 6.45) is 0. The average molecular weight is 676 g/mol. The number of hydrogen-bond donors (Lipinski definition) is 4. The molecule has 0 unspecified atom stereocenters. The Morgan fingerprint density at radius 2 is 1.89 bits per heavy atom. The van der Waals surface area contributed by atoms with Gasteiger partial charge < -0.3 is 30.5 Å². The number of carbonyl (C=O) groups is 6. The maximum Gasteiger partial charge on any atom is 0.352 e. The van der Waals surface area contributed by atoms with E-state index in [4.69, 9.17) is 4.74 Å². The van der Waals surface area contributed by atoms with E-state index in [1.807, 2.05) is 0 Å². The molecule has 2 saturated heterocycles. The number of aromatic nitrogens is 4. The Balaban J connectivity index is 1.38. The minimum atomic E-state index is -2.01. The number of aliphatic carboxylic acids is 1. The van der Waals surface area contributed by atoms with Crippen LogP contribution >= 0.6 is 23.5 Å². The normalized spacial score (nSPS) is 21.9. The molecule has 3 aliphatic rings. The molecule has 5 rings (SSSR count). The van der Waals surface area contributed by atoms with E-state index >= 15 is 0 Å². The number of carboxylic acids is 1. The molecule has 20 heteroatoms. The second-order valence-corrected chi connectivity index (χ2v) is 12.2. The molecule has 46 heavy (non-hydrogen) atoms. The van der Waals surface area contributed by atoms with Gasteiger partial charge in [0.2, 0.25) is 11.1 Å². The fourth-order valence-corrected chi connectivity index (χ4v) is 7.57. The van der Waals surface area contributed by atoms with Crippen LogP contribution in [0.25, 0.3) is 0 Å². The number of aryl methyl sites for hydroxylation is 1. The number of piperazine rings is 1. The maximum absolute atomic E-state index is 13.8. The summed E-state index contributed by atoms with van der Waals surface area (Å²) in [6, 6.07) is 2.70. The van der Waals surface area contributed by atoms with E-state index in [9.17, 15) is 39.0 Å². The minimum Gasteiger partial charge on any atom is -0.508 e. The van der Waals surface area contributed by atoms with Crippen LogP contribution in [-0.4, -0.2) is 130 Å². The smallest absolute Gasteiger partial charge is 0.352 e. The number of phenolic OH excluding ortho intramolecular Hbond substituents is 1. The van der Waals surface area contributed by atoms with Gasteiger partial charge in [0.15, 0.2) is 0 Å². The summed E-state index contributed by atoms with van der Waals surface area (Å²) in [6.45, 7) is 1.97. The lowest BCUT2D eigenvalue weighted by molar-refractivity contribution is -0.192.